The molecule has 1 unspecified atom stereocenters. The number of rotatable bonds is 5. The Morgan fingerprint density at radius 3 is 2.83 bits per heavy atom. The monoisotopic (exact) mass is 318 g/mol. The molecule has 1 atom stereocenters. The third-order valence-corrected chi connectivity index (χ3v) is 5.40. The number of hydrogen-bond acceptors (Lipinski definition) is 2. The molecule has 1 heterocycles. The lowest BCUT2D eigenvalue weighted by atomic mass is 9.87. The molecule has 1 aromatic carbocycles. The molecular weight excluding hydrogens is 291 g/mol. The summed E-state index contributed by atoms with van der Waals surface area (Å²) in [4.78, 5) is 14.6. The van der Waals surface area contributed by atoms with Crippen molar-refractivity contribution in [1.29, 1.82) is 0 Å². The molecule has 1 aliphatic carbocycles. The topological polar surface area (TPSA) is 32.3 Å². The summed E-state index contributed by atoms with van der Waals surface area (Å²) in [5, 5.41) is 3.05. The standard InChI is InChI=1S/C19H27FN2O/c1-2-22-13-15(18-16(20)9-6-10-17(18)22)19(23)21-12-11-14-7-4-3-5-8-14/h6,9-10,14-15H,2-5,7-8,11-13H2,1H3,(H,21,23). The molecule has 3 nitrogen and oxygen atoms in total. The number of amides is 1. The van der Waals surface area contributed by atoms with E-state index in [1.807, 2.05) is 13.0 Å². The van der Waals surface area contributed by atoms with Gasteiger partial charge in [-0.15, -0.1) is 0 Å². The molecule has 0 bridgehead atoms. The van der Waals surface area contributed by atoms with Crippen LogP contribution in [0.4, 0.5) is 10.1 Å². The maximum absolute atomic E-state index is 14.2. The Kier molecular flexibility index (Phi) is 5.19. The van der Waals surface area contributed by atoms with Crippen molar-refractivity contribution in [1.82, 2.24) is 5.32 Å². The van der Waals surface area contributed by atoms with Crippen LogP contribution in [-0.2, 0) is 4.79 Å². The molecule has 1 N–H and O–H groups in total. The molecule has 1 aromatic rings. The van der Waals surface area contributed by atoms with E-state index in [9.17, 15) is 9.18 Å². The molecule has 1 saturated carbocycles. The van der Waals surface area contributed by atoms with Crippen LogP contribution in [0.15, 0.2) is 18.2 Å². The van der Waals surface area contributed by atoms with E-state index in [1.165, 1.54) is 38.2 Å². The van der Waals surface area contributed by atoms with Crippen LogP contribution in [-0.4, -0.2) is 25.5 Å². The summed E-state index contributed by atoms with van der Waals surface area (Å²) in [7, 11) is 0. The van der Waals surface area contributed by atoms with E-state index < -0.39 is 0 Å². The maximum atomic E-state index is 14.2. The molecule has 1 fully saturated rings. The normalized spacial score (nSPS) is 21.3. The number of likely N-dealkylation sites (N-methyl/N-ethyl adjacent to an activating group) is 1. The number of nitrogens with zero attached hydrogens (tertiary/aromatic N) is 1. The van der Waals surface area contributed by atoms with Crippen LogP contribution >= 0.6 is 0 Å². The number of fused-ring (bicyclic) bond motifs is 1. The zero-order valence-electron chi connectivity index (χ0n) is 14.0. The van der Waals surface area contributed by atoms with Crippen molar-refractivity contribution in [2.24, 2.45) is 5.92 Å². The van der Waals surface area contributed by atoms with Gasteiger partial charge in [-0.2, -0.15) is 0 Å². The molecule has 4 heteroatoms. The van der Waals surface area contributed by atoms with E-state index in [0.29, 0.717) is 12.1 Å². The fraction of sp³-hybridized carbons (Fsp3) is 0.632. The second-order valence-electron chi connectivity index (χ2n) is 6.85. The Morgan fingerprint density at radius 1 is 1.30 bits per heavy atom. The largest absolute Gasteiger partial charge is 0.370 e. The lowest BCUT2D eigenvalue weighted by Gasteiger charge is -2.22. The molecule has 126 valence electrons. The Bertz CT molecular complexity index is 554. The summed E-state index contributed by atoms with van der Waals surface area (Å²) in [6.07, 6.45) is 7.64. The van der Waals surface area contributed by atoms with Crippen molar-refractivity contribution in [2.75, 3.05) is 24.5 Å². The minimum absolute atomic E-state index is 0.0249. The minimum atomic E-state index is -0.377. The molecule has 3 rings (SSSR count). The Morgan fingerprint density at radius 2 is 2.09 bits per heavy atom. The van der Waals surface area contributed by atoms with Gasteiger partial charge in [0, 0.05) is 30.9 Å². The van der Waals surface area contributed by atoms with Gasteiger partial charge in [-0.1, -0.05) is 38.2 Å². The highest BCUT2D eigenvalue weighted by molar-refractivity contribution is 5.88. The molecule has 2 aliphatic rings. The van der Waals surface area contributed by atoms with Gasteiger partial charge in [0.2, 0.25) is 5.91 Å². The van der Waals surface area contributed by atoms with E-state index in [4.69, 9.17) is 0 Å². The van der Waals surface area contributed by atoms with Gasteiger partial charge in [0.05, 0.1) is 5.92 Å². The highest BCUT2D eigenvalue weighted by atomic mass is 19.1. The second kappa shape index (κ2) is 7.33. The third-order valence-electron chi connectivity index (χ3n) is 5.40. The summed E-state index contributed by atoms with van der Waals surface area (Å²) in [6, 6.07) is 5.09. The van der Waals surface area contributed by atoms with Gasteiger partial charge in [0.15, 0.2) is 0 Å². The molecule has 0 saturated heterocycles. The van der Waals surface area contributed by atoms with Crippen molar-refractivity contribution < 1.29 is 9.18 Å². The van der Waals surface area contributed by atoms with Crippen LogP contribution in [0.3, 0.4) is 0 Å². The summed E-state index contributed by atoms with van der Waals surface area (Å²) in [6.45, 7) is 4.14. The van der Waals surface area contributed by atoms with Crippen molar-refractivity contribution in [3.05, 3.63) is 29.6 Å². The Labute approximate surface area is 138 Å². The van der Waals surface area contributed by atoms with Crippen molar-refractivity contribution in [3.63, 3.8) is 0 Å². The van der Waals surface area contributed by atoms with Gasteiger partial charge in [-0.25, -0.2) is 4.39 Å². The lowest BCUT2D eigenvalue weighted by Crippen LogP contribution is -2.34. The number of benzene rings is 1. The Balaban J connectivity index is 1.60. The number of carbonyl (C=O) groups excluding carboxylic acids is 1. The number of anilines is 1. The highest BCUT2D eigenvalue weighted by Gasteiger charge is 2.35. The quantitative estimate of drug-likeness (QED) is 0.895. The first-order valence-corrected chi connectivity index (χ1v) is 9.01. The molecule has 0 radical (unpaired) electrons. The summed E-state index contributed by atoms with van der Waals surface area (Å²) in [5.74, 6) is 0.0929. The first kappa shape index (κ1) is 16.3. The molecular formula is C19H27FN2O. The molecule has 23 heavy (non-hydrogen) atoms. The summed E-state index contributed by atoms with van der Waals surface area (Å²) in [5.41, 5.74) is 1.45. The minimum Gasteiger partial charge on any atom is -0.370 e. The van der Waals surface area contributed by atoms with Gasteiger partial charge < -0.3 is 10.2 Å². The number of carbonyl (C=O) groups is 1. The predicted molar refractivity (Wildman–Crippen MR) is 91.2 cm³/mol. The zero-order valence-corrected chi connectivity index (χ0v) is 14.0. The number of nitrogens with one attached hydrogen (secondary N) is 1. The van der Waals surface area contributed by atoms with E-state index in [-0.39, 0.29) is 17.6 Å². The van der Waals surface area contributed by atoms with E-state index in [1.54, 1.807) is 6.07 Å². The average Bonchev–Trinajstić information content (AvgIpc) is 2.96. The van der Waals surface area contributed by atoms with Crippen LogP contribution in [0.25, 0.3) is 0 Å². The lowest BCUT2D eigenvalue weighted by molar-refractivity contribution is -0.122. The third kappa shape index (κ3) is 3.51. The number of halogens is 1. The first-order chi connectivity index (χ1) is 11.2. The average molecular weight is 318 g/mol. The highest BCUT2D eigenvalue weighted by Crippen LogP contribution is 2.38. The van der Waals surface area contributed by atoms with Crippen LogP contribution in [0, 0.1) is 11.7 Å². The van der Waals surface area contributed by atoms with Gasteiger partial charge >= 0.3 is 0 Å². The van der Waals surface area contributed by atoms with Crippen LogP contribution in [0.1, 0.15) is 56.9 Å². The van der Waals surface area contributed by atoms with E-state index in [0.717, 1.165) is 31.1 Å². The van der Waals surface area contributed by atoms with E-state index in [2.05, 4.69) is 10.2 Å². The SMILES string of the molecule is CCN1CC(C(=O)NCCC2CCCCC2)c2c(F)cccc21. The molecule has 1 amide bonds. The summed E-state index contributed by atoms with van der Waals surface area (Å²) >= 11 is 0. The Hall–Kier alpha value is -1.58. The predicted octanol–water partition coefficient (Wildman–Crippen LogP) is 3.84. The van der Waals surface area contributed by atoms with Crippen molar-refractivity contribution >= 4 is 11.6 Å². The van der Waals surface area contributed by atoms with Crippen LogP contribution < -0.4 is 10.2 Å². The fourth-order valence-electron chi connectivity index (χ4n) is 4.07. The molecule has 0 spiro atoms. The maximum Gasteiger partial charge on any atom is 0.229 e. The van der Waals surface area contributed by atoms with Crippen LogP contribution in [0.5, 0.6) is 0 Å². The van der Waals surface area contributed by atoms with Crippen molar-refractivity contribution in [2.45, 2.75) is 51.4 Å². The van der Waals surface area contributed by atoms with Crippen molar-refractivity contribution in [3.8, 4) is 0 Å². The van der Waals surface area contributed by atoms with Gasteiger partial charge in [-0.3, -0.25) is 4.79 Å². The zero-order chi connectivity index (χ0) is 16.2. The van der Waals surface area contributed by atoms with Gasteiger partial charge in [0.1, 0.15) is 5.82 Å². The van der Waals surface area contributed by atoms with Crippen LogP contribution in [0.2, 0.25) is 0 Å². The second-order valence-corrected chi connectivity index (χ2v) is 6.85. The molecule has 1 aliphatic heterocycles. The fourth-order valence-corrected chi connectivity index (χ4v) is 4.07. The van der Waals surface area contributed by atoms with Gasteiger partial charge in [-0.05, 0) is 31.4 Å². The first-order valence-electron chi connectivity index (χ1n) is 9.01. The number of hydrogen-bond donors (Lipinski definition) is 1. The summed E-state index contributed by atoms with van der Waals surface area (Å²) < 4.78 is 14.2. The smallest absolute Gasteiger partial charge is 0.229 e. The molecule has 0 aromatic heterocycles. The van der Waals surface area contributed by atoms with E-state index >= 15 is 0 Å². The van der Waals surface area contributed by atoms with Gasteiger partial charge in [0.25, 0.3) is 0 Å².